The molecular formula is C18H27N5O2. The summed E-state index contributed by atoms with van der Waals surface area (Å²) in [5.74, 6) is 0.00195. The van der Waals surface area contributed by atoms with Crippen LogP contribution in [0.25, 0.3) is 11.0 Å². The second-order valence-corrected chi connectivity index (χ2v) is 7.07. The summed E-state index contributed by atoms with van der Waals surface area (Å²) in [5.41, 5.74) is 3.10. The Labute approximate surface area is 147 Å². The number of hydrogen-bond donors (Lipinski definition) is 2. The van der Waals surface area contributed by atoms with E-state index in [1.165, 1.54) is 6.42 Å². The fourth-order valence-electron chi connectivity index (χ4n) is 3.85. The van der Waals surface area contributed by atoms with Gasteiger partial charge in [0.25, 0.3) is 5.56 Å². The molecule has 1 amide bonds. The van der Waals surface area contributed by atoms with Crippen molar-refractivity contribution >= 4 is 16.9 Å². The molecule has 136 valence electrons. The van der Waals surface area contributed by atoms with E-state index in [-0.39, 0.29) is 11.5 Å². The van der Waals surface area contributed by atoms with Gasteiger partial charge in [-0.2, -0.15) is 5.10 Å². The summed E-state index contributed by atoms with van der Waals surface area (Å²) in [7, 11) is 3.91. The number of aromatic nitrogens is 3. The topological polar surface area (TPSA) is 83.0 Å². The number of hydrogen-bond acceptors (Lipinski definition) is 4. The maximum absolute atomic E-state index is 12.4. The molecule has 0 radical (unpaired) electrons. The van der Waals surface area contributed by atoms with Crippen molar-refractivity contribution in [1.29, 1.82) is 0 Å². The minimum Gasteiger partial charge on any atom is -0.355 e. The third kappa shape index (κ3) is 3.46. The van der Waals surface area contributed by atoms with Gasteiger partial charge in [-0.05, 0) is 52.3 Å². The second-order valence-electron chi connectivity index (χ2n) is 7.07. The summed E-state index contributed by atoms with van der Waals surface area (Å²) in [4.78, 5) is 29.8. The van der Waals surface area contributed by atoms with Gasteiger partial charge in [0.15, 0.2) is 0 Å². The van der Waals surface area contributed by atoms with Crippen LogP contribution in [0.5, 0.6) is 0 Å². The first-order chi connectivity index (χ1) is 11.9. The Balaban J connectivity index is 1.67. The average Bonchev–Trinajstić information content (AvgIpc) is 3.08. The van der Waals surface area contributed by atoms with Gasteiger partial charge in [0, 0.05) is 37.0 Å². The Morgan fingerprint density at radius 1 is 1.36 bits per heavy atom. The third-order valence-corrected chi connectivity index (χ3v) is 5.36. The van der Waals surface area contributed by atoms with Crippen LogP contribution in [-0.2, 0) is 18.3 Å². The first-order valence-corrected chi connectivity index (χ1v) is 8.90. The Morgan fingerprint density at radius 3 is 2.80 bits per heavy atom. The van der Waals surface area contributed by atoms with E-state index in [1.54, 1.807) is 4.68 Å². The lowest BCUT2D eigenvalue weighted by molar-refractivity contribution is -0.121. The molecule has 0 aromatic carbocycles. The van der Waals surface area contributed by atoms with Crippen molar-refractivity contribution in [2.24, 2.45) is 7.05 Å². The van der Waals surface area contributed by atoms with Crippen LogP contribution < -0.4 is 10.9 Å². The van der Waals surface area contributed by atoms with Gasteiger partial charge in [0.2, 0.25) is 5.91 Å². The van der Waals surface area contributed by atoms with E-state index in [9.17, 15) is 9.59 Å². The number of carbonyl (C=O) groups is 1. The molecule has 7 nitrogen and oxygen atoms in total. The lowest BCUT2D eigenvalue weighted by atomic mass is 10.0. The fourth-order valence-corrected chi connectivity index (χ4v) is 3.85. The van der Waals surface area contributed by atoms with E-state index in [0.29, 0.717) is 31.0 Å². The van der Waals surface area contributed by atoms with Crippen LogP contribution in [0.2, 0.25) is 0 Å². The van der Waals surface area contributed by atoms with E-state index in [0.717, 1.165) is 35.3 Å². The summed E-state index contributed by atoms with van der Waals surface area (Å²) in [6.07, 6.45) is 3.09. The summed E-state index contributed by atoms with van der Waals surface area (Å²) in [6.45, 7) is 5.65. The molecule has 1 aliphatic rings. The number of nitrogens with zero attached hydrogens (tertiary/aromatic N) is 3. The molecule has 2 N–H and O–H groups in total. The zero-order valence-corrected chi connectivity index (χ0v) is 15.5. The molecule has 0 saturated carbocycles. The molecule has 1 saturated heterocycles. The number of pyridine rings is 1. The van der Waals surface area contributed by atoms with Crippen LogP contribution in [0.1, 0.15) is 36.1 Å². The molecule has 0 aliphatic carbocycles. The van der Waals surface area contributed by atoms with Gasteiger partial charge >= 0.3 is 0 Å². The molecule has 2 aromatic rings. The Bertz CT molecular complexity index is 851. The number of likely N-dealkylation sites (tertiary alicyclic amines) is 1. The van der Waals surface area contributed by atoms with Crippen molar-refractivity contribution in [3.05, 3.63) is 27.2 Å². The summed E-state index contributed by atoms with van der Waals surface area (Å²) in [5, 5.41) is 8.36. The van der Waals surface area contributed by atoms with Crippen molar-refractivity contribution in [3.8, 4) is 0 Å². The van der Waals surface area contributed by atoms with Crippen molar-refractivity contribution in [2.75, 3.05) is 20.1 Å². The maximum Gasteiger partial charge on any atom is 0.253 e. The lowest BCUT2D eigenvalue weighted by Gasteiger charge is -2.19. The predicted molar refractivity (Wildman–Crippen MR) is 97.8 cm³/mol. The summed E-state index contributed by atoms with van der Waals surface area (Å²) < 4.78 is 1.69. The maximum atomic E-state index is 12.4. The van der Waals surface area contributed by atoms with Crippen molar-refractivity contribution in [3.63, 3.8) is 0 Å². The van der Waals surface area contributed by atoms with Crippen molar-refractivity contribution in [2.45, 2.75) is 45.6 Å². The average molecular weight is 345 g/mol. The van der Waals surface area contributed by atoms with Crippen LogP contribution in [-0.4, -0.2) is 51.8 Å². The minimum atomic E-state index is -0.128. The molecule has 0 unspecified atom stereocenters. The number of likely N-dealkylation sites (N-methyl/N-ethyl adjacent to an activating group) is 1. The van der Waals surface area contributed by atoms with E-state index < -0.39 is 0 Å². The van der Waals surface area contributed by atoms with Crippen LogP contribution in [0.15, 0.2) is 4.79 Å². The number of rotatable bonds is 5. The largest absolute Gasteiger partial charge is 0.355 e. The van der Waals surface area contributed by atoms with Crippen molar-refractivity contribution < 1.29 is 4.79 Å². The number of nitrogens with one attached hydrogen (secondary N) is 2. The van der Waals surface area contributed by atoms with Gasteiger partial charge in [-0.25, -0.2) is 0 Å². The number of aryl methyl sites for hydroxylation is 3. The quantitative estimate of drug-likeness (QED) is 0.848. The highest BCUT2D eigenvalue weighted by Gasteiger charge is 2.21. The monoisotopic (exact) mass is 345 g/mol. The molecule has 0 bridgehead atoms. The zero-order chi connectivity index (χ0) is 18.1. The van der Waals surface area contributed by atoms with Gasteiger partial charge < -0.3 is 15.2 Å². The smallest absolute Gasteiger partial charge is 0.253 e. The molecular weight excluding hydrogens is 318 g/mol. The Morgan fingerprint density at radius 2 is 2.12 bits per heavy atom. The predicted octanol–water partition coefficient (Wildman–Crippen LogP) is 1.02. The fraction of sp³-hybridized carbons (Fsp3) is 0.611. The highest BCUT2D eigenvalue weighted by molar-refractivity contribution is 5.83. The Hall–Kier alpha value is -2.15. The summed E-state index contributed by atoms with van der Waals surface area (Å²) >= 11 is 0. The van der Waals surface area contributed by atoms with E-state index in [2.05, 4.69) is 27.3 Å². The number of amides is 1. The van der Waals surface area contributed by atoms with Crippen LogP contribution in [0, 0.1) is 13.8 Å². The lowest BCUT2D eigenvalue weighted by Crippen LogP contribution is -2.38. The molecule has 3 heterocycles. The second kappa shape index (κ2) is 7.00. The first kappa shape index (κ1) is 17.7. The molecule has 1 aliphatic heterocycles. The van der Waals surface area contributed by atoms with Crippen molar-refractivity contribution in [1.82, 2.24) is 25.0 Å². The highest BCUT2D eigenvalue weighted by atomic mass is 16.1. The minimum absolute atomic E-state index is 0.00195. The van der Waals surface area contributed by atoms with Gasteiger partial charge in [0.1, 0.15) is 5.65 Å². The van der Waals surface area contributed by atoms with E-state index in [1.807, 2.05) is 20.9 Å². The van der Waals surface area contributed by atoms with Gasteiger partial charge in [-0.15, -0.1) is 0 Å². The van der Waals surface area contributed by atoms with E-state index >= 15 is 0 Å². The number of aromatic amines is 1. The molecule has 7 heteroatoms. The Kier molecular flexibility index (Phi) is 4.94. The van der Waals surface area contributed by atoms with Gasteiger partial charge in [0.05, 0.1) is 5.69 Å². The first-order valence-electron chi connectivity index (χ1n) is 8.90. The number of carbonyl (C=O) groups excluding carboxylic acids is 1. The van der Waals surface area contributed by atoms with Crippen LogP contribution in [0.3, 0.4) is 0 Å². The normalized spacial score (nSPS) is 18.2. The number of fused-ring (bicyclic) bond motifs is 1. The van der Waals surface area contributed by atoms with Gasteiger partial charge in [-0.1, -0.05) is 0 Å². The summed E-state index contributed by atoms with van der Waals surface area (Å²) in [6, 6.07) is 0.434. The molecule has 1 fully saturated rings. The van der Waals surface area contributed by atoms with Crippen LogP contribution >= 0.6 is 0 Å². The highest BCUT2D eigenvalue weighted by Crippen LogP contribution is 2.21. The SMILES string of the molecule is Cc1nn(C)c2[nH]c(=O)c(CCC(=O)NC[C@@H]3CCCN3C)c(C)c12. The molecule has 3 rings (SSSR count). The molecule has 1 atom stereocenters. The molecule has 2 aromatic heterocycles. The number of H-pyrrole nitrogens is 1. The third-order valence-electron chi connectivity index (χ3n) is 5.36. The molecule has 0 spiro atoms. The zero-order valence-electron chi connectivity index (χ0n) is 15.5. The van der Waals surface area contributed by atoms with Gasteiger partial charge in [-0.3, -0.25) is 14.3 Å². The van der Waals surface area contributed by atoms with Crippen LogP contribution in [0.4, 0.5) is 0 Å². The van der Waals surface area contributed by atoms with E-state index in [4.69, 9.17) is 0 Å². The standard InChI is InChI=1S/C18H27N5O2/c1-11-14(18(25)20-17-16(11)12(2)21-23(17)4)7-8-15(24)19-10-13-6-5-9-22(13)3/h13H,5-10H2,1-4H3,(H,19,24)(H,20,25)/t13-/m0/s1. The molecule has 25 heavy (non-hydrogen) atoms.